The minimum absolute atomic E-state index is 0.283. The van der Waals surface area contributed by atoms with Gasteiger partial charge >= 0.3 is 0 Å². The number of nitrogens with zero attached hydrogens (tertiary/aromatic N) is 1. The van der Waals surface area contributed by atoms with Crippen molar-refractivity contribution in [3.05, 3.63) is 60.4 Å². The predicted molar refractivity (Wildman–Crippen MR) is 72.4 cm³/mol. The van der Waals surface area contributed by atoms with Crippen molar-refractivity contribution in [1.82, 2.24) is 4.57 Å². The van der Waals surface area contributed by atoms with Gasteiger partial charge in [-0.25, -0.2) is 0 Å². The van der Waals surface area contributed by atoms with Gasteiger partial charge in [-0.2, -0.15) is 0 Å². The van der Waals surface area contributed by atoms with E-state index >= 15 is 0 Å². The van der Waals surface area contributed by atoms with Crippen molar-refractivity contribution >= 4 is 9.04 Å². The zero-order valence-corrected chi connectivity index (χ0v) is 11.3. The summed E-state index contributed by atoms with van der Waals surface area (Å²) in [5.74, 6) is 0. The number of aromatic nitrogens is 1. The number of benzene rings is 1. The topological polar surface area (TPSA) is 14.2 Å². The number of hydrogen-bond acceptors (Lipinski definition) is 1. The molecule has 0 spiro atoms. The first-order valence-electron chi connectivity index (χ1n) is 5.88. The van der Waals surface area contributed by atoms with Crippen LogP contribution in [0.1, 0.15) is 11.6 Å². The van der Waals surface area contributed by atoms with E-state index in [-0.39, 0.29) is 6.04 Å². The Hall–Kier alpha value is -1.32. The Bertz CT molecular complexity index is 425. The molecule has 0 saturated carbocycles. The summed E-state index contributed by atoms with van der Waals surface area (Å²) >= 11 is 0. The Kier molecular flexibility index (Phi) is 4.17. The highest BCUT2D eigenvalue weighted by molar-refractivity contribution is 6.48. The Labute approximate surface area is 105 Å². The number of hydrogen-bond donors (Lipinski definition) is 0. The van der Waals surface area contributed by atoms with Gasteiger partial charge in [0.15, 0.2) is 0 Å². The molecule has 3 heteroatoms. The molecule has 89 valence electrons. The standard InChI is InChI=1S/C14H18NOSi/c1-17(2)16-12-14(15-10-6-7-11-15)13-8-4-3-5-9-13/h3-11,14H,12H2,1-2H3. The first-order valence-corrected chi connectivity index (χ1v) is 8.28. The van der Waals surface area contributed by atoms with Crippen molar-refractivity contribution in [1.29, 1.82) is 0 Å². The molecule has 0 amide bonds. The fraction of sp³-hybridized carbons (Fsp3) is 0.286. The molecular formula is C14H18NOSi. The Balaban J connectivity index is 2.19. The Morgan fingerprint density at radius 1 is 1.06 bits per heavy atom. The Morgan fingerprint density at radius 2 is 1.71 bits per heavy atom. The summed E-state index contributed by atoms with van der Waals surface area (Å²) < 4.78 is 8.07. The Morgan fingerprint density at radius 3 is 2.29 bits per heavy atom. The van der Waals surface area contributed by atoms with Gasteiger partial charge in [0.1, 0.15) is 0 Å². The fourth-order valence-corrected chi connectivity index (χ4v) is 2.32. The van der Waals surface area contributed by atoms with Crippen molar-refractivity contribution in [3.63, 3.8) is 0 Å². The van der Waals surface area contributed by atoms with Crippen LogP contribution in [0.2, 0.25) is 13.1 Å². The molecular weight excluding hydrogens is 226 g/mol. The zero-order valence-electron chi connectivity index (χ0n) is 10.3. The van der Waals surface area contributed by atoms with Gasteiger partial charge in [-0.3, -0.25) is 0 Å². The third-order valence-corrected chi connectivity index (χ3v) is 3.45. The second kappa shape index (κ2) is 5.84. The van der Waals surface area contributed by atoms with Crippen LogP contribution >= 0.6 is 0 Å². The largest absolute Gasteiger partial charge is 0.415 e. The molecule has 1 aromatic heterocycles. The van der Waals surface area contributed by atoms with Gasteiger partial charge in [0.25, 0.3) is 0 Å². The summed E-state index contributed by atoms with van der Waals surface area (Å²) in [6.07, 6.45) is 4.19. The van der Waals surface area contributed by atoms with Crippen LogP contribution in [0.15, 0.2) is 54.9 Å². The van der Waals surface area contributed by atoms with Crippen molar-refractivity contribution < 1.29 is 4.43 Å². The van der Waals surface area contributed by atoms with Crippen LogP contribution in [-0.2, 0) is 4.43 Å². The van der Waals surface area contributed by atoms with E-state index in [1.165, 1.54) is 5.56 Å². The third-order valence-electron chi connectivity index (χ3n) is 2.70. The molecule has 1 heterocycles. The minimum atomic E-state index is -0.640. The van der Waals surface area contributed by atoms with Gasteiger partial charge < -0.3 is 8.99 Å². The third kappa shape index (κ3) is 3.31. The van der Waals surface area contributed by atoms with E-state index in [9.17, 15) is 0 Å². The molecule has 0 aliphatic heterocycles. The molecule has 0 saturated heterocycles. The highest BCUT2D eigenvalue weighted by atomic mass is 28.3. The summed E-state index contributed by atoms with van der Waals surface area (Å²) in [5.41, 5.74) is 1.30. The first kappa shape index (κ1) is 12.1. The molecule has 0 bridgehead atoms. The van der Waals surface area contributed by atoms with Crippen LogP contribution < -0.4 is 0 Å². The maximum atomic E-state index is 5.86. The minimum Gasteiger partial charge on any atom is -0.415 e. The lowest BCUT2D eigenvalue weighted by Crippen LogP contribution is -2.20. The van der Waals surface area contributed by atoms with Gasteiger partial charge in [0.2, 0.25) is 9.04 Å². The maximum Gasteiger partial charge on any atom is 0.205 e. The van der Waals surface area contributed by atoms with Crippen molar-refractivity contribution in [2.75, 3.05) is 6.61 Å². The van der Waals surface area contributed by atoms with E-state index in [1.807, 2.05) is 6.07 Å². The molecule has 0 N–H and O–H groups in total. The average Bonchev–Trinajstić information content (AvgIpc) is 2.84. The molecule has 17 heavy (non-hydrogen) atoms. The van der Waals surface area contributed by atoms with Crippen molar-refractivity contribution in [2.24, 2.45) is 0 Å². The van der Waals surface area contributed by atoms with Gasteiger partial charge in [-0.15, -0.1) is 0 Å². The van der Waals surface area contributed by atoms with Gasteiger partial charge in [-0.1, -0.05) is 30.3 Å². The lowest BCUT2D eigenvalue weighted by molar-refractivity contribution is 0.277. The predicted octanol–water partition coefficient (Wildman–Crippen LogP) is 3.35. The molecule has 1 unspecified atom stereocenters. The summed E-state index contributed by atoms with van der Waals surface area (Å²) in [7, 11) is -0.640. The van der Waals surface area contributed by atoms with Crippen molar-refractivity contribution in [2.45, 2.75) is 19.1 Å². The molecule has 1 atom stereocenters. The highest BCUT2D eigenvalue weighted by Crippen LogP contribution is 2.19. The van der Waals surface area contributed by atoms with Crippen LogP contribution in [0.5, 0.6) is 0 Å². The van der Waals surface area contributed by atoms with E-state index in [0.717, 1.165) is 6.61 Å². The summed E-state index contributed by atoms with van der Waals surface area (Å²) in [5, 5.41) is 0. The number of rotatable bonds is 5. The van der Waals surface area contributed by atoms with Crippen LogP contribution in [0.3, 0.4) is 0 Å². The molecule has 0 fully saturated rings. The summed E-state index contributed by atoms with van der Waals surface area (Å²) in [6, 6.07) is 14.9. The van der Waals surface area contributed by atoms with Crippen molar-refractivity contribution in [3.8, 4) is 0 Å². The highest BCUT2D eigenvalue weighted by Gasteiger charge is 2.13. The molecule has 0 aliphatic carbocycles. The second-order valence-electron chi connectivity index (χ2n) is 4.28. The smallest absolute Gasteiger partial charge is 0.205 e. The summed E-state index contributed by atoms with van der Waals surface area (Å²) in [4.78, 5) is 0. The molecule has 1 radical (unpaired) electrons. The van der Waals surface area contributed by atoms with Gasteiger partial charge in [0.05, 0.1) is 12.6 Å². The van der Waals surface area contributed by atoms with E-state index < -0.39 is 9.04 Å². The first-order chi connectivity index (χ1) is 8.27. The van der Waals surface area contributed by atoms with Crippen LogP contribution in [-0.4, -0.2) is 20.2 Å². The van der Waals surface area contributed by atoms with E-state index in [2.05, 4.69) is 66.5 Å². The average molecular weight is 244 g/mol. The van der Waals surface area contributed by atoms with E-state index in [0.29, 0.717) is 0 Å². The monoisotopic (exact) mass is 244 g/mol. The van der Waals surface area contributed by atoms with Gasteiger partial charge in [0, 0.05) is 12.4 Å². The zero-order chi connectivity index (χ0) is 12.1. The lowest BCUT2D eigenvalue weighted by Gasteiger charge is -2.20. The quantitative estimate of drug-likeness (QED) is 0.736. The lowest BCUT2D eigenvalue weighted by atomic mass is 10.1. The van der Waals surface area contributed by atoms with Crippen LogP contribution in [0, 0.1) is 0 Å². The molecule has 0 aliphatic rings. The van der Waals surface area contributed by atoms with E-state index in [1.54, 1.807) is 0 Å². The fourth-order valence-electron chi connectivity index (χ4n) is 1.83. The van der Waals surface area contributed by atoms with Crippen LogP contribution in [0.4, 0.5) is 0 Å². The second-order valence-corrected chi connectivity index (χ2v) is 6.38. The summed E-state index contributed by atoms with van der Waals surface area (Å²) in [6.45, 7) is 5.09. The SMILES string of the molecule is C[Si](C)OCC(c1ccccc1)n1cccc1. The van der Waals surface area contributed by atoms with E-state index in [4.69, 9.17) is 4.43 Å². The maximum absolute atomic E-state index is 5.86. The molecule has 1 aromatic carbocycles. The molecule has 2 nitrogen and oxygen atoms in total. The molecule has 2 rings (SSSR count). The molecule has 2 aromatic rings. The van der Waals surface area contributed by atoms with Gasteiger partial charge in [-0.05, 0) is 30.8 Å². The van der Waals surface area contributed by atoms with Crippen LogP contribution in [0.25, 0.3) is 0 Å². The normalized spacial score (nSPS) is 12.9.